The van der Waals surface area contributed by atoms with E-state index in [2.05, 4.69) is 26.6 Å². The van der Waals surface area contributed by atoms with Crippen molar-refractivity contribution in [3.8, 4) is 0 Å². The van der Waals surface area contributed by atoms with Gasteiger partial charge in [-0.2, -0.15) is 0 Å². The molecule has 0 aliphatic heterocycles. The summed E-state index contributed by atoms with van der Waals surface area (Å²) in [6.07, 6.45) is 1.09. The lowest BCUT2D eigenvalue weighted by atomic mass is 10.2. The zero-order valence-electron chi connectivity index (χ0n) is 9.94. The molecule has 0 aliphatic carbocycles. The average molecular weight is 315 g/mol. The number of hydrogen-bond donors (Lipinski definition) is 3. The molecule has 5 nitrogen and oxygen atoms in total. The molecular weight excluding hydrogens is 300 g/mol. The summed E-state index contributed by atoms with van der Waals surface area (Å²) in [5.74, 6) is -1.03. The lowest BCUT2D eigenvalue weighted by Gasteiger charge is -2.14. The maximum absolute atomic E-state index is 11.6. The minimum absolute atomic E-state index is 0.404. The van der Waals surface area contributed by atoms with Crippen LogP contribution in [-0.2, 0) is 4.79 Å². The van der Waals surface area contributed by atoms with Crippen LogP contribution in [0.5, 0.6) is 0 Å². The number of benzene rings is 1. The van der Waals surface area contributed by atoms with Gasteiger partial charge < -0.3 is 15.7 Å². The first-order chi connectivity index (χ1) is 8.52. The Morgan fingerprint density at radius 1 is 1.44 bits per heavy atom. The van der Waals surface area contributed by atoms with Gasteiger partial charge in [0.2, 0.25) is 0 Å². The summed E-state index contributed by atoms with van der Waals surface area (Å²) >= 11 is 3.29. The van der Waals surface area contributed by atoms with Gasteiger partial charge in [0.25, 0.3) is 0 Å². The van der Waals surface area contributed by atoms with Gasteiger partial charge in [-0.3, -0.25) is 0 Å². The van der Waals surface area contributed by atoms with E-state index in [1.54, 1.807) is 18.2 Å². The Bertz CT molecular complexity index is 437. The fraction of sp³-hybridized carbons (Fsp3) is 0.333. The maximum atomic E-state index is 11.6. The number of carboxylic acids is 1. The molecule has 0 aromatic heterocycles. The molecular formula is C12H15BrN2O3. The number of nitrogens with one attached hydrogen (secondary N) is 2. The van der Waals surface area contributed by atoms with Crippen LogP contribution in [0.4, 0.5) is 10.5 Å². The van der Waals surface area contributed by atoms with Crippen molar-refractivity contribution >= 4 is 33.6 Å². The van der Waals surface area contributed by atoms with Crippen molar-refractivity contribution in [2.24, 2.45) is 0 Å². The quantitative estimate of drug-likeness (QED) is 0.782. The summed E-state index contributed by atoms with van der Waals surface area (Å²) in [5, 5.41) is 13.9. The van der Waals surface area contributed by atoms with Crippen molar-refractivity contribution in [3.63, 3.8) is 0 Å². The Morgan fingerprint density at radius 3 is 2.72 bits per heavy atom. The highest BCUT2D eigenvalue weighted by Crippen LogP contribution is 2.15. The summed E-state index contributed by atoms with van der Waals surface area (Å²) in [4.78, 5) is 22.5. The monoisotopic (exact) mass is 314 g/mol. The van der Waals surface area contributed by atoms with E-state index in [9.17, 15) is 9.59 Å². The van der Waals surface area contributed by atoms with Gasteiger partial charge in [0, 0.05) is 10.2 Å². The summed E-state index contributed by atoms with van der Waals surface area (Å²) < 4.78 is 0.837. The third kappa shape index (κ3) is 4.75. The van der Waals surface area contributed by atoms with E-state index < -0.39 is 18.0 Å². The standard InChI is InChI=1S/C12H15BrN2O3/c1-2-4-10(11(16)17)15-12(18)14-9-6-3-5-8(13)7-9/h3,5-7,10H,2,4H2,1H3,(H,16,17)(H2,14,15,18)/t10-/m0/s1. The first-order valence-corrected chi connectivity index (χ1v) is 6.38. The topological polar surface area (TPSA) is 78.4 Å². The molecule has 0 radical (unpaired) electrons. The molecule has 0 unspecified atom stereocenters. The number of halogens is 1. The summed E-state index contributed by atoms with van der Waals surface area (Å²) in [7, 11) is 0. The average Bonchev–Trinajstić information content (AvgIpc) is 2.28. The Kier molecular flexibility index (Phi) is 5.64. The van der Waals surface area contributed by atoms with Gasteiger partial charge in [-0.25, -0.2) is 9.59 Å². The van der Waals surface area contributed by atoms with E-state index in [0.29, 0.717) is 18.5 Å². The van der Waals surface area contributed by atoms with Crippen LogP contribution in [0, 0.1) is 0 Å². The zero-order chi connectivity index (χ0) is 13.5. The van der Waals surface area contributed by atoms with Crippen LogP contribution in [-0.4, -0.2) is 23.1 Å². The van der Waals surface area contributed by atoms with Crippen molar-refractivity contribution in [1.29, 1.82) is 0 Å². The van der Waals surface area contributed by atoms with Crippen molar-refractivity contribution in [2.45, 2.75) is 25.8 Å². The van der Waals surface area contributed by atoms with Gasteiger partial charge in [0.1, 0.15) is 6.04 Å². The van der Waals surface area contributed by atoms with Crippen molar-refractivity contribution in [3.05, 3.63) is 28.7 Å². The highest BCUT2D eigenvalue weighted by atomic mass is 79.9. The molecule has 3 N–H and O–H groups in total. The maximum Gasteiger partial charge on any atom is 0.326 e. The van der Waals surface area contributed by atoms with E-state index in [0.717, 1.165) is 4.47 Å². The van der Waals surface area contributed by atoms with Crippen molar-refractivity contribution in [2.75, 3.05) is 5.32 Å². The van der Waals surface area contributed by atoms with E-state index in [1.807, 2.05) is 13.0 Å². The zero-order valence-corrected chi connectivity index (χ0v) is 11.5. The summed E-state index contributed by atoms with van der Waals surface area (Å²) in [6, 6.07) is 5.69. The fourth-order valence-corrected chi connectivity index (χ4v) is 1.84. The van der Waals surface area contributed by atoms with Gasteiger partial charge >= 0.3 is 12.0 Å². The molecule has 2 amide bonds. The summed E-state index contributed by atoms with van der Waals surface area (Å²) in [5.41, 5.74) is 0.600. The number of amides is 2. The van der Waals surface area contributed by atoms with Crippen LogP contribution in [0.2, 0.25) is 0 Å². The second-order valence-corrected chi connectivity index (χ2v) is 4.70. The number of urea groups is 1. The third-order valence-corrected chi connectivity index (χ3v) is 2.76. The molecule has 1 aromatic carbocycles. The summed E-state index contributed by atoms with van der Waals surface area (Å²) in [6.45, 7) is 1.86. The second kappa shape index (κ2) is 7.00. The first-order valence-electron chi connectivity index (χ1n) is 5.58. The molecule has 0 saturated heterocycles. The van der Waals surface area contributed by atoms with Crippen LogP contribution >= 0.6 is 15.9 Å². The third-order valence-electron chi connectivity index (χ3n) is 2.26. The number of rotatable bonds is 5. The molecule has 0 saturated carbocycles. The molecule has 0 bridgehead atoms. The second-order valence-electron chi connectivity index (χ2n) is 3.79. The number of carbonyl (C=O) groups excluding carboxylic acids is 1. The Labute approximate surface area is 114 Å². The van der Waals surface area contributed by atoms with Crippen LogP contribution in [0.1, 0.15) is 19.8 Å². The minimum Gasteiger partial charge on any atom is -0.480 e. The molecule has 1 atom stereocenters. The number of carboxylic acid groups (broad SMARTS) is 1. The van der Waals surface area contributed by atoms with Crippen LogP contribution in [0.15, 0.2) is 28.7 Å². The Morgan fingerprint density at radius 2 is 2.17 bits per heavy atom. The van der Waals surface area contributed by atoms with Gasteiger partial charge in [-0.05, 0) is 24.6 Å². The van der Waals surface area contributed by atoms with Gasteiger partial charge in [0.15, 0.2) is 0 Å². The molecule has 98 valence electrons. The molecule has 0 fully saturated rings. The highest BCUT2D eigenvalue weighted by molar-refractivity contribution is 9.10. The predicted molar refractivity (Wildman–Crippen MR) is 72.6 cm³/mol. The number of anilines is 1. The smallest absolute Gasteiger partial charge is 0.326 e. The number of hydrogen-bond acceptors (Lipinski definition) is 2. The minimum atomic E-state index is -1.03. The fourth-order valence-electron chi connectivity index (χ4n) is 1.44. The van der Waals surface area contributed by atoms with E-state index in [1.165, 1.54) is 0 Å². The van der Waals surface area contributed by atoms with Gasteiger partial charge in [0.05, 0.1) is 0 Å². The number of carbonyl (C=O) groups is 2. The SMILES string of the molecule is CCC[C@H](NC(=O)Nc1cccc(Br)c1)C(=O)O. The molecule has 1 aromatic rings. The Hall–Kier alpha value is -1.56. The molecule has 6 heteroatoms. The van der Waals surface area contributed by atoms with Crippen molar-refractivity contribution in [1.82, 2.24) is 5.32 Å². The van der Waals surface area contributed by atoms with E-state index >= 15 is 0 Å². The largest absolute Gasteiger partial charge is 0.480 e. The lowest BCUT2D eigenvalue weighted by Crippen LogP contribution is -2.42. The van der Waals surface area contributed by atoms with Crippen LogP contribution in [0.25, 0.3) is 0 Å². The molecule has 0 aliphatic rings. The predicted octanol–water partition coefficient (Wildman–Crippen LogP) is 2.82. The highest BCUT2D eigenvalue weighted by Gasteiger charge is 2.18. The molecule has 18 heavy (non-hydrogen) atoms. The van der Waals surface area contributed by atoms with Crippen LogP contribution < -0.4 is 10.6 Å². The van der Waals surface area contributed by atoms with E-state index in [-0.39, 0.29) is 0 Å². The van der Waals surface area contributed by atoms with Crippen molar-refractivity contribution < 1.29 is 14.7 Å². The van der Waals surface area contributed by atoms with Gasteiger partial charge in [-0.1, -0.05) is 35.3 Å². The molecule has 0 spiro atoms. The number of aliphatic carboxylic acids is 1. The van der Waals surface area contributed by atoms with Gasteiger partial charge in [-0.15, -0.1) is 0 Å². The van der Waals surface area contributed by atoms with E-state index in [4.69, 9.17) is 5.11 Å². The molecule has 0 heterocycles. The molecule has 1 rings (SSSR count). The van der Waals surface area contributed by atoms with Crippen LogP contribution in [0.3, 0.4) is 0 Å². The normalized spacial score (nSPS) is 11.7. The lowest BCUT2D eigenvalue weighted by molar-refractivity contribution is -0.139. The Balaban J connectivity index is 2.57. The first kappa shape index (κ1) is 14.5.